The number of benzene rings is 10. The van der Waals surface area contributed by atoms with Gasteiger partial charge in [-0.15, -0.1) is 0 Å². The predicted octanol–water partition coefficient (Wildman–Crippen LogP) is 18.1. The second kappa shape index (κ2) is 12.4. The Hall–Kier alpha value is -9.00. The van der Waals surface area contributed by atoms with Gasteiger partial charge in [0.2, 0.25) is 0 Å². The van der Waals surface area contributed by atoms with Crippen LogP contribution in [0.2, 0.25) is 0 Å². The normalized spacial score (nSPS) is 12.5. The molecule has 0 radical (unpaired) electrons. The molecule has 0 saturated carbocycles. The number of para-hydroxylation sites is 2. The van der Waals surface area contributed by atoms with Gasteiger partial charge in [-0.25, -0.2) is 0 Å². The molecule has 16 rings (SSSR count). The van der Waals surface area contributed by atoms with Crippen molar-refractivity contribution >= 4 is 132 Å². The lowest BCUT2D eigenvalue weighted by Crippen LogP contribution is -1.78. The first-order chi connectivity index (χ1) is 32.6. The van der Waals surface area contributed by atoms with Gasteiger partial charge in [0, 0.05) is 64.6 Å². The van der Waals surface area contributed by atoms with Crippen LogP contribution in [0.1, 0.15) is 0 Å². The quantitative estimate of drug-likeness (QED) is 0.176. The van der Waals surface area contributed by atoms with Crippen molar-refractivity contribution < 1.29 is 26.5 Å². The van der Waals surface area contributed by atoms with Crippen LogP contribution in [0, 0.1) is 0 Å². The summed E-state index contributed by atoms with van der Waals surface area (Å²) in [6.07, 6.45) is 0. The van der Waals surface area contributed by atoms with E-state index in [9.17, 15) is 0 Å². The van der Waals surface area contributed by atoms with E-state index < -0.39 is 0 Å². The lowest BCUT2D eigenvalue weighted by molar-refractivity contribution is 0.664. The number of rotatable bonds is 3. The molecule has 16 aromatic rings. The summed E-state index contributed by atoms with van der Waals surface area (Å²) in [5.41, 5.74) is 16.8. The number of hydrogen-bond donors (Lipinski definition) is 0. The van der Waals surface area contributed by atoms with E-state index in [-0.39, 0.29) is 0 Å². The molecule has 0 spiro atoms. The maximum absolute atomic E-state index is 6.53. The van der Waals surface area contributed by atoms with Crippen molar-refractivity contribution in [2.75, 3.05) is 0 Å². The Balaban J connectivity index is 0.766. The van der Waals surface area contributed by atoms with Gasteiger partial charge in [-0.1, -0.05) is 72.8 Å². The molecule has 0 N–H and O–H groups in total. The maximum Gasteiger partial charge on any atom is 0.136 e. The molecule has 0 fully saturated rings. The highest BCUT2D eigenvalue weighted by Crippen LogP contribution is 2.43. The third-order valence-corrected chi connectivity index (χ3v) is 13.9. The zero-order chi connectivity index (χ0) is 42.8. The van der Waals surface area contributed by atoms with Crippen molar-refractivity contribution in [2.24, 2.45) is 0 Å². The predicted molar refractivity (Wildman–Crippen MR) is 266 cm³/mol. The van der Waals surface area contributed by atoms with Crippen LogP contribution in [-0.2, 0) is 0 Å². The van der Waals surface area contributed by atoms with Crippen LogP contribution < -0.4 is 0 Å². The molecule has 6 heterocycles. The van der Waals surface area contributed by atoms with Gasteiger partial charge in [-0.3, -0.25) is 0 Å². The zero-order valence-corrected chi connectivity index (χ0v) is 34.8. The molecule has 10 aromatic carbocycles. The van der Waals surface area contributed by atoms with Gasteiger partial charge in [0.05, 0.1) is 0 Å². The standard InChI is InChI=1S/C60H30O6/c1-3-7-49-37(5-1)39-21-31(9-15-51(39)61-49)33-11-17-53-41(23-33)45-27-59-47(29-57(45)63-53)43-25-35(13-19-55(43)65-59)36-14-20-56-44(26-36)48-30-58-46(28-60(48)66-56)42-24-34(12-18-54(42)64-58)32-10-16-52-40(22-32)38-6-2-4-8-50(38)62-52/h1-30H. The fourth-order valence-electron chi connectivity index (χ4n) is 10.6. The third-order valence-electron chi connectivity index (χ3n) is 13.9. The summed E-state index contributed by atoms with van der Waals surface area (Å²) in [5, 5.41) is 12.7. The van der Waals surface area contributed by atoms with E-state index in [0.29, 0.717) is 0 Å². The van der Waals surface area contributed by atoms with E-state index in [0.717, 1.165) is 165 Å². The molecule has 6 nitrogen and oxygen atoms in total. The molecule has 306 valence electrons. The molecule has 66 heavy (non-hydrogen) atoms. The summed E-state index contributed by atoms with van der Waals surface area (Å²) < 4.78 is 38.3. The minimum atomic E-state index is 0.819. The molecule has 0 bridgehead atoms. The lowest BCUT2D eigenvalue weighted by Gasteiger charge is -2.02. The SMILES string of the molecule is c1ccc2c(c1)oc1ccc(-c3ccc4oc5cc6c(cc5c4c3)oc3ccc(-c4ccc5oc7cc8c(cc7c5c4)oc4ccc(-c5ccc7oc9ccccc9c7c5)cc48)cc36)cc12. The summed E-state index contributed by atoms with van der Waals surface area (Å²) in [5.74, 6) is 0. The minimum Gasteiger partial charge on any atom is -0.456 e. The van der Waals surface area contributed by atoms with Gasteiger partial charge in [-0.2, -0.15) is 0 Å². The average molecular weight is 847 g/mol. The summed E-state index contributed by atoms with van der Waals surface area (Å²) >= 11 is 0. The topological polar surface area (TPSA) is 78.8 Å². The first-order valence-electron chi connectivity index (χ1n) is 22.1. The van der Waals surface area contributed by atoms with Crippen molar-refractivity contribution in [3.8, 4) is 33.4 Å². The average Bonchev–Trinajstić information content (AvgIpc) is 4.22. The van der Waals surface area contributed by atoms with Crippen LogP contribution in [0.15, 0.2) is 208 Å². The Bertz CT molecular complexity index is 4470. The van der Waals surface area contributed by atoms with E-state index in [1.54, 1.807) is 0 Å². The Morgan fingerprint density at radius 3 is 0.621 bits per heavy atom. The number of hydrogen-bond acceptors (Lipinski definition) is 6. The highest BCUT2D eigenvalue weighted by Gasteiger charge is 2.19. The molecule has 0 atom stereocenters. The molecule has 0 aliphatic carbocycles. The second-order valence-electron chi connectivity index (χ2n) is 17.6. The minimum absolute atomic E-state index is 0.819. The van der Waals surface area contributed by atoms with Crippen molar-refractivity contribution in [3.63, 3.8) is 0 Å². The Morgan fingerprint density at radius 2 is 0.348 bits per heavy atom. The Labute approximate surface area is 372 Å². The van der Waals surface area contributed by atoms with Crippen LogP contribution in [0.3, 0.4) is 0 Å². The van der Waals surface area contributed by atoms with Gasteiger partial charge in [-0.05, 0) is 143 Å². The summed E-state index contributed by atoms with van der Waals surface area (Å²) in [4.78, 5) is 0. The highest BCUT2D eigenvalue weighted by atomic mass is 16.4. The van der Waals surface area contributed by atoms with E-state index in [1.807, 2.05) is 24.3 Å². The summed E-state index contributed by atoms with van der Waals surface area (Å²) in [6.45, 7) is 0. The van der Waals surface area contributed by atoms with Gasteiger partial charge in [0.1, 0.15) is 67.0 Å². The largest absolute Gasteiger partial charge is 0.456 e. The van der Waals surface area contributed by atoms with E-state index >= 15 is 0 Å². The van der Waals surface area contributed by atoms with Gasteiger partial charge in [0.25, 0.3) is 0 Å². The molecular formula is C60H30O6. The number of fused-ring (bicyclic) bond motifs is 18. The molecule has 6 heteroatoms. The van der Waals surface area contributed by atoms with Crippen LogP contribution in [0.4, 0.5) is 0 Å². The summed E-state index contributed by atoms with van der Waals surface area (Å²) in [6, 6.07) is 63.3. The van der Waals surface area contributed by atoms with E-state index in [2.05, 4.69) is 158 Å². The molecule has 0 aliphatic heterocycles. The fourth-order valence-corrected chi connectivity index (χ4v) is 10.6. The van der Waals surface area contributed by atoms with Crippen molar-refractivity contribution in [1.29, 1.82) is 0 Å². The Morgan fingerprint density at radius 1 is 0.152 bits per heavy atom. The monoisotopic (exact) mass is 846 g/mol. The number of furan rings is 6. The van der Waals surface area contributed by atoms with Crippen molar-refractivity contribution in [1.82, 2.24) is 0 Å². The van der Waals surface area contributed by atoms with Crippen molar-refractivity contribution in [3.05, 3.63) is 182 Å². The first-order valence-corrected chi connectivity index (χ1v) is 22.1. The third kappa shape index (κ3) is 4.79. The molecule has 0 unspecified atom stereocenters. The van der Waals surface area contributed by atoms with Gasteiger partial charge in [0.15, 0.2) is 0 Å². The molecule has 6 aromatic heterocycles. The van der Waals surface area contributed by atoms with Crippen LogP contribution in [0.5, 0.6) is 0 Å². The second-order valence-corrected chi connectivity index (χ2v) is 17.6. The zero-order valence-electron chi connectivity index (χ0n) is 34.8. The molecule has 0 aliphatic rings. The molecular weight excluding hydrogens is 817 g/mol. The van der Waals surface area contributed by atoms with E-state index in [1.165, 1.54) is 0 Å². The van der Waals surface area contributed by atoms with Gasteiger partial charge >= 0.3 is 0 Å². The highest BCUT2D eigenvalue weighted by molar-refractivity contribution is 6.18. The van der Waals surface area contributed by atoms with Crippen LogP contribution >= 0.6 is 0 Å². The fraction of sp³-hybridized carbons (Fsp3) is 0. The first kappa shape index (κ1) is 34.5. The van der Waals surface area contributed by atoms with Crippen LogP contribution in [-0.4, -0.2) is 0 Å². The van der Waals surface area contributed by atoms with E-state index in [4.69, 9.17) is 26.5 Å². The van der Waals surface area contributed by atoms with Gasteiger partial charge < -0.3 is 26.5 Å². The smallest absolute Gasteiger partial charge is 0.136 e. The summed E-state index contributed by atoms with van der Waals surface area (Å²) in [7, 11) is 0. The lowest BCUT2D eigenvalue weighted by atomic mass is 9.99. The Kier molecular flexibility index (Phi) is 6.47. The van der Waals surface area contributed by atoms with Crippen molar-refractivity contribution in [2.45, 2.75) is 0 Å². The molecule has 0 amide bonds. The molecule has 0 saturated heterocycles. The van der Waals surface area contributed by atoms with Crippen LogP contribution in [0.25, 0.3) is 165 Å². The maximum atomic E-state index is 6.53.